The van der Waals surface area contributed by atoms with E-state index in [0.717, 1.165) is 36.1 Å². The maximum atomic E-state index is 13.5. The van der Waals surface area contributed by atoms with Gasteiger partial charge in [-0.2, -0.15) is 0 Å². The fraction of sp³-hybridized carbons (Fsp3) is 0.714. The van der Waals surface area contributed by atoms with E-state index in [-0.39, 0.29) is 17.0 Å². The van der Waals surface area contributed by atoms with Gasteiger partial charge >= 0.3 is 0 Å². The van der Waals surface area contributed by atoms with Crippen LogP contribution in [0.4, 0.5) is 0 Å². The molecule has 7 rings (SSSR count). The Labute approximate surface area is 208 Å². The van der Waals surface area contributed by atoms with E-state index < -0.39 is 7.37 Å². The minimum absolute atomic E-state index is 0.0493. The number of nitrogens with zero attached hydrogens (tertiary/aromatic N) is 3. The lowest BCUT2D eigenvalue weighted by atomic mass is 9.45. The van der Waals surface area contributed by atoms with E-state index in [4.69, 9.17) is 0 Å². The van der Waals surface area contributed by atoms with E-state index in [1.54, 1.807) is 0 Å². The third-order valence-corrected chi connectivity index (χ3v) is 11.5. The quantitative estimate of drug-likeness (QED) is 0.592. The predicted octanol–water partition coefficient (Wildman–Crippen LogP) is 4.94. The van der Waals surface area contributed by atoms with Crippen molar-refractivity contribution in [3.8, 4) is 0 Å². The lowest BCUT2D eigenvalue weighted by Crippen LogP contribution is -2.56. The van der Waals surface area contributed by atoms with Gasteiger partial charge in [0.1, 0.15) is 0 Å². The Morgan fingerprint density at radius 1 is 1.06 bits per heavy atom. The van der Waals surface area contributed by atoms with Crippen LogP contribution in [-0.4, -0.2) is 44.6 Å². The molecule has 190 valence electrons. The SMILES string of the molecule is CC1(C)[C@H]2CC[C@@H](CCN3[C@@H]4CCC[C@H]3CC(n3c(=O)c(P(C)(=O)O)nc5ccccc53)C4)[C@@H]1C2. The molecule has 6 nitrogen and oxygen atoms in total. The molecule has 1 aromatic carbocycles. The van der Waals surface area contributed by atoms with E-state index in [1.807, 2.05) is 28.8 Å². The van der Waals surface area contributed by atoms with Crippen LogP contribution in [0.2, 0.25) is 0 Å². The van der Waals surface area contributed by atoms with Crippen LogP contribution >= 0.6 is 7.37 Å². The zero-order chi connectivity index (χ0) is 24.5. The second-order valence-corrected chi connectivity index (χ2v) is 14.7. The van der Waals surface area contributed by atoms with Crippen molar-refractivity contribution in [3.63, 3.8) is 0 Å². The van der Waals surface area contributed by atoms with Crippen molar-refractivity contribution < 1.29 is 9.46 Å². The average Bonchev–Trinajstić information content (AvgIpc) is 2.81. The summed E-state index contributed by atoms with van der Waals surface area (Å²) in [7, 11) is -3.77. The van der Waals surface area contributed by atoms with Gasteiger partial charge in [-0.3, -0.25) is 14.3 Å². The zero-order valence-electron chi connectivity index (χ0n) is 21.4. The summed E-state index contributed by atoms with van der Waals surface area (Å²) in [6.45, 7) is 7.39. The first-order valence-electron chi connectivity index (χ1n) is 13.7. The normalized spacial score (nSPS) is 35.9. The molecule has 35 heavy (non-hydrogen) atoms. The van der Waals surface area contributed by atoms with Gasteiger partial charge in [0.05, 0.1) is 11.0 Å². The van der Waals surface area contributed by atoms with Crippen molar-refractivity contribution in [3.05, 3.63) is 34.6 Å². The van der Waals surface area contributed by atoms with Gasteiger partial charge in [0.25, 0.3) is 5.56 Å². The Bertz CT molecular complexity index is 1220. The molecular formula is C28H40N3O3P. The standard InChI is InChI=1S/C28H40N3O3P/c1-28(2)19-12-11-18(23(28)15-19)13-14-30-20-7-6-8-21(30)17-22(16-20)31-25-10-5-4-9-24(25)29-26(27(31)32)35(3,33)34/h4-5,9-10,18-23H,6-8,11-17H2,1-3H3,(H,33,34)/t18-,19-,20-,21+,22?,23-/m0/s1. The fourth-order valence-corrected chi connectivity index (χ4v) is 9.18. The van der Waals surface area contributed by atoms with Crippen LogP contribution in [0.15, 0.2) is 29.1 Å². The van der Waals surface area contributed by atoms with Gasteiger partial charge < -0.3 is 9.46 Å². The van der Waals surface area contributed by atoms with E-state index >= 15 is 0 Å². The lowest BCUT2D eigenvalue weighted by molar-refractivity contribution is -0.111. The van der Waals surface area contributed by atoms with E-state index in [0.29, 0.717) is 23.0 Å². The lowest BCUT2D eigenvalue weighted by Gasteiger charge is -2.60. The molecule has 3 aliphatic carbocycles. The molecule has 4 bridgehead atoms. The minimum Gasteiger partial charge on any atom is -0.340 e. The van der Waals surface area contributed by atoms with Crippen molar-refractivity contribution in [2.75, 3.05) is 13.2 Å². The molecule has 0 spiro atoms. The van der Waals surface area contributed by atoms with Gasteiger partial charge in [0.15, 0.2) is 5.44 Å². The average molecular weight is 498 g/mol. The topological polar surface area (TPSA) is 75.4 Å². The largest absolute Gasteiger partial charge is 0.340 e. The van der Waals surface area contributed by atoms with Gasteiger partial charge in [0, 0.05) is 24.8 Å². The highest BCUT2D eigenvalue weighted by atomic mass is 31.2. The number of benzene rings is 1. The monoisotopic (exact) mass is 497 g/mol. The molecule has 0 radical (unpaired) electrons. The number of piperidine rings is 2. The highest BCUT2D eigenvalue weighted by molar-refractivity contribution is 7.65. The maximum Gasteiger partial charge on any atom is 0.283 e. The Balaban J connectivity index is 1.26. The number of hydrogen-bond acceptors (Lipinski definition) is 4. The summed E-state index contributed by atoms with van der Waals surface area (Å²) in [5.74, 6) is 2.72. The summed E-state index contributed by atoms with van der Waals surface area (Å²) < 4.78 is 14.4. The molecule has 2 aromatic rings. The Kier molecular flexibility index (Phi) is 5.82. The van der Waals surface area contributed by atoms with Gasteiger partial charge in [0.2, 0.25) is 7.37 Å². The highest BCUT2D eigenvalue weighted by Crippen LogP contribution is 2.62. The molecular weight excluding hydrogens is 457 g/mol. The summed E-state index contributed by atoms with van der Waals surface area (Å²) in [6, 6.07) is 8.61. The summed E-state index contributed by atoms with van der Waals surface area (Å²) in [5, 5.41) is 0. The minimum atomic E-state index is -3.77. The second kappa shape index (κ2) is 8.53. The zero-order valence-corrected chi connectivity index (χ0v) is 22.3. The smallest absolute Gasteiger partial charge is 0.283 e. The summed E-state index contributed by atoms with van der Waals surface area (Å²) in [4.78, 5) is 30.9. The summed E-state index contributed by atoms with van der Waals surface area (Å²) >= 11 is 0. The first kappa shape index (κ1) is 23.9. The third-order valence-electron chi connectivity index (χ3n) is 10.4. The fourth-order valence-electron chi connectivity index (χ4n) is 8.42. The molecule has 2 saturated heterocycles. The van der Waals surface area contributed by atoms with Gasteiger partial charge in [-0.1, -0.05) is 32.4 Å². The van der Waals surface area contributed by atoms with Gasteiger partial charge in [-0.05, 0) is 93.2 Å². The first-order chi connectivity index (χ1) is 16.6. The molecule has 2 aliphatic heterocycles. The molecule has 1 N–H and O–H groups in total. The molecule has 7 atom stereocenters. The van der Waals surface area contributed by atoms with Crippen LogP contribution in [0.1, 0.15) is 77.7 Å². The molecule has 5 aliphatic rings. The molecule has 2 unspecified atom stereocenters. The van der Waals surface area contributed by atoms with Crippen LogP contribution in [0.5, 0.6) is 0 Å². The van der Waals surface area contributed by atoms with Crippen molar-refractivity contribution in [2.24, 2.45) is 23.2 Å². The second-order valence-electron chi connectivity index (χ2n) is 12.6. The molecule has 0 amide bonds. The molecule has 1 aromatic heterocycles. The third kappa shape index (κ3) is 3.95. The van der Waals surface area contributed by atoms with Crippen molar-refractivity contribution in [1.82, 2.24) is 14.5 Å². The van der Waals surface area contributed by atoms with Crippen LogP contribution in [0, 0.1) is 23.2 Å². The van der Waals surface area contributed by atoms with Crippen LogP contribution < -0.4 is 11.0 Å². The predicted molar refractivity (Wildman–Crippen MR) is 141 cm³/mol. The number of para-hydroxylation sites is 2. The van der Waals surface area contributed by atoms with Crippen molar-refractivity contribution >= 4 is 23.8 Å². The molecule has 3 heterocycles. The van der Waals surface area contributed by atoms with E-state index in [2.05, 4.69) is 23.7 Å². The first-order valence-corrected chi connectivity index (χ1v) is 15.8. The van der Waals surface area contributed by atoms with Crippen LogP contribution in [0.3, 0.4) is 0 Å². The summed E-state index contributed by atoms with van der Waals surface area (Å²) in [6.07, 6.45) is 11.1. The number of rotatable bonds is 5. The molecule has 3 saturated carbocycles. The van der Waals surface area contributed by atoms with Gasteiger partial charge in [-0.15, -0.1) is 0 Å². The Morgan fingerprint density at radius 2 is 1.77 bits per heavy atom. The van der Waals surface area contributed by atoms with Crippen molar-refractivity contribution in [1.29, 1.82) is 0 Å². The summed E-state index contributed by atoms with van der Waals surface area (Å²) in [5.41, 5.74) is 1.40. The van der Waals surface area contributed by atoms with Crippen LogP contribution in [-0.2, 0) is 4.57 Å². The van der Waals surface area contributed by atoms with Gasteiger partial charge in [-0.25, -0.2) is 4.98 Å². The Hall–Kier alpha value is -1.49. The highest BCUT2D eigenvalue weighted by Gasteiger charge is 2.54. The van der Waals surface area contributed by atoms with Crippen LogP contribution in [0.25, 0.3) is 11.0 Å². The van der Waals surface area contributed by atoms with Crippen molar-refractivity contribution in [2.45, 2.75) is 89.8 Å². The number of hydrogen-bond donors (Lipinski definition) is 1. The number of aromatic nitrogens is 2. The van der Waals surface area contributed by atoms with E-state index in [9.17, 15) is 14.3 Å². The van der Waals surface area contributed by atoms with E-state index in [1.165, 1.54) is 58.2 Å². The Morgan fingerprint density at radius 3 is 2.43 bits per heavy atom. The molecule has 7 heteroatoms. The molecule has 5 fully saturated rings. The number of fused-ring (bicyclic) bond motifs is 5. The maximum absolute atomic E-state index is 13.5.